The van der Waals surface area contributed by atoms with E-state index in [9.17, 15) is 0 Å². The lowest BCUT2D eigenvalue weighted by atomic mass is 10.1. The Balaban J connectivity index is 2.27. The Bertz CT molecular complexity index is 691. The molecule has 84 valence electrons. The van der Waals surface area contributed by atoms with Gasteiger partial charge in [-0.25, -0.2) is 4.52 Å². The molecule has 0 aliphatic heterocycles. The molecule has 3 rings (SSSR count). The highest BCUT2D eigenvalue weighted by molar-refractivity contribution is 9.10. The Hall–Kier alpha value is -1.32. The molecular formula is C13H8BrClN2. The van der Waals surface area contributed by atoms with E-state index < -0.39 is 0 Å². The van der Waals surface area contributed by atoms with E-state index in [0.717, 1.165) is 21.2 Å². The van der Waals surface area contributed by atoms with E-state index in [-0.39, 0.29) is 0 Å². The summed E-state index contributed by atoms with van der Waals surface area (Å²) >= 11 is 9.58. The van der Waals surface area contributed by atoms with Gasteiger partial charge < -0.3 is 0 Å². The Kier molecular flexibility index (Phi) is 2.65. The van der Waals surface area contributed by atoms with Gasteiger partial charge in [0.25, 0.3) is 0 Å². The summed E-state index contributed by atoms with van der Waals surface area (Å²) in [5.74, 6) is 0. The van der Waals surface area contributed by atoms with Crippen molar-refractivity contribution >= 4 is 33.0 Å². The van der Waals surface area contributed by atoms with Crippen molar-refractivity contribution in [1.82, 2.24) is 9.61 Å². The molecule has 0 fully saturated rings. The molecule has 0 bridgehead atoms. The zero-order valence-corrected chi connectivity index (χ0v) is 11.1. The Morgan fingerprint density at radius 2 is 2.00 bits per heavy atom. The number of rotatable bonds is 1. The summed E-state index contributed by atoms with van der Waals surface area (Å²) < 4.78 is 2.83. The van der Waals surface area contributed by atoms with Gasteiger partial charge in [-0.15, -0.1) is 0 Å². The quantitative estimate of drug-likeness (QED) is 0.650. The smallest absolute Gasteiger partial charge is 0.108 e. The van der Waals surface area contributed by atoms with Gasteiger partial charge in [0.1, 0.15) is 5.69 Å². The van der Waals surface area contributed by atoms with Crippen LogP contribution in [0, 0.1) is 0 Å². The van der Waals surface area contributed by atoms with Crippen LogP contribution in [0.3, 0.4) is 0 Å². The summed E-state index contributed by atoms with van der Waals surface area (Å²) in [6, 6.07) is 13.7. The van der Waals surface area contributed by atoms with E-state index in [0.29, 0.717) is 5.02 Å². The molecule has 4 heteroatoms. The first-order chi connectivity index (χ1) is 8.25. The molecule has 2 aromatic heterocycles. The van der Waals surface area contributed by atoms with E-state index >= 15 is 0 Å². The predicted octanol–water partition coefficient (Wildman–Crippen LogP) is 4.42. The highest BCUT2D eigenvalue weighted by Crippen LogP contribution is 2.31. The number of halogens is 2. The van der Waals surface area contributed by atoms with Crippen molar-refractivity contribution in [3.63, 3.8) is 0 Å². The van der Waals surface area contributed by atoms with Crippen molar-refractivity contribution in [2.45, 2.75) is 0 Å². The van der Waals surface area contributed by atoms with Gasteiger partial charge >= 0.3 is 0 Å². The van der Waals surface area contributed by atoms with E-state index in [1.807, 2.05) is 53.2 Å². The Morgan fingerprint density at radius 1 is 1.12 bits per heavy atom. The summed E-state index contributed by atoms with van der Waals surface area (Å²) in [7, 11) is 0. The minimum absolute atomic E-state index is 0.714. The number of fused-ring (bicyclic) bond motifs is 1. The zero-order valence-electron chi connectivity index (χ0n) is 8.77. The van der Waals surface area contributed by atoms with Gasteiger partial charge in [-0.05, 0) is 40.2 Å². The number of aromatic nitrogens is 2. The molecule has 0 amide bonds. The lowest BCUT2D eigenvalue weighted by Gasteiger charge is -1.97. The third kappa shape index (κ3) is 1.85. The van der Waals surface area contributed by atoms with Crippen molar-refractivity contribution in [2.75, 3.05) is 0 Å². The SMILES string of the molecule is Clc1cccc(-c2nn3ccccc3c2Br)c1. The van der Waals surface area contributed by atoms with E-state index in [1.165, 1.54) is 0 Å². The maximum absolute atomic E-state index is 6.00. The summed E-state index contributed by atoms with van der Waals surface area (Å²) in [6.45, 7) is 0. The molecule has 3 aromatic rings. The van der Waals surface area contributed by atoms with Crippen LogP contribution >= 0.6 is 27.5 Å². The summed E-state index contributed by atoms with van der Waals surface area (Å²) in [5, 5.41) is 5.25. The van der Waals surface area contributed by atoms with Crippen molar-refractivity contribution in [3.05, 3.63) is 58.2 Å². The molecule has 0 saturated carbocycles. The van der Waals surface area contributed by atoms with Gasteiger partial charge in [-0.3, -0.25) is 0 Å². The second-order valence-electron chi connectivity index (χ2n) is 3.70. The van der Waals surface area contributed by atoms with Crippen LogP contribution in [-0.2, 0) is 0 Å². The van der Waals surface area contributed by atoms with Gasteiger partial charge in [0.2, 0.25) is 0 Å². The van der Waals surface area contributed by atoms with E-state index in [1.54, 1.807) is 0 Å². The van der Waals surface area contributed by atoms with Crippen LogP contribution in [0.4, 0.5) is 0 Å². The van der Waals surface area contributed by atoms with Crippen LogP contribution in [0.5, 0.6) is 0 Å². The van der Waals surface area contributed by atoms with Crippen molar-refractivity contribution in [2.24, 2.45) is 0 Å². The first-order valence-corrected chi connectivity index (χ1v) is 6.31. The fourth-order valence-corrected chi connectivity index (χ4v) is 2.60. The molecule has 2 nitrogen and oxygen atoms in total. The van der Waals surface area contributed by atoms with Crippen LogP contribution in [-0.4, -0.2) is 9.61 Å². The van der Waals surface area contributed by atoms with Gasteiger partial charge in [0.05, 0.1) is 9.99 Å². The minimum Gasteiger partial charge on any atom is -0.239 e. The van der Waals surface area contributed by atoms with Crippen LogP contribution < -0.4 is 0 Å². The lowest BCUT2D eigenvalue weighted by molar-refractivity contribution is 0.966. The number of hydrogen-bond acceptors (Lipinski definition) is 1. The van der Waals surface area contributed by atoms with Crippen molar-refractivity contribution in [1.29, 1.82) is 0 Å². The molecule has 0 radical (unpaired) electrons. The number of pyridine rings is 1. The van der Waals surface area contributed by atoms with Gasteiger partial charge in [-0.2, -0.15) is 5.10 Å². The molecule has 2 heterocycles. The first kappa shape index (κ1) is 10.8. The van der Waals surface area contributed by atoms with Crippen molar-refractivity contribution < 1.29 is 0 Å². The third-order valence-electron chi connectivity index (χ3n) is 2.58. The van der Waals surface area contributed by atoms with Crippen molar-refractivity contribution in [3.8, 4) is 11.3 Å². The van der Waals surface area contributed by atoms with Crippen LogP contribution in [0.15, 0.2) is 53.1 Å². The largest absolute Gasteiger partial charge is 0.239 e. The van der Waals surface area contributed by atoms with Crippen LogP contribution in [0.2, 0.25) is 5.02 Å². The van der Waals surface area contributed by atoms with Crippen LogP contribution in [0.1, 0.15) is 0 Å². The summed E-state index contributed by atoms with van der Waals surface area (Å²) in [6.07, 6.45) is 1.92. The fraction of sp³-hybridized carbons (Fsp3) is 0. The average molecular weight is 308 g/mol. The second kappa shape index (κ2) is 4.17. The first-order valence-electron chi connectivity index (χ1n) is 5.14. The van der Waals surface area contributed by atoms with Gasteiger partial charge in [0.15, 0.2) is 0 Å². The van der Waals surface area contributed by atoms with Gasteiger partial charge in [0, 0.05) is 16.8 Å². The maximum atomic E-state index is 6.00. The zero-order chi connectivity index (χ0) is 11.8. The molecule has 0 saturated heterocycles. The standard InChI is InChI=1S/C13H8BrClN2/c14-12-11-6-1-2-7-17(11)16-13(12)9-4-3-5-10(15)8-9/h1-8H. The Labute approximate surface area is 112 Å². The molecular weight excluding hydrogens is 300 g/mol. The van der Waals surface area contributed by atoms with E-state index in [4.69, 9.17) is 11.6 Å². The normalized spacial score (nSPS) is 10.9. The van der Waals surface area contributed by atoms with Gasteiger partial charge in [-0.1, -0.05) is 29.8 Å². The van der Waals surface area contributed by atoms with E-state index in [2.05, 4.69) is 21.0 Å². The number of hydrogen-bond donors (Lipinski definition) is 0. The second-order valence-corrected chi connectivity index (χ2v) is 4.93. The summed E-state index contributed by atoms with van der Waals surface area (Å²) in [4.78, 5) is 0. The fourth-order valence-electron chi connectivity index (χ4n) is 1.79. The monoisotopic (exact) mass is 306 g/mol. The highest BCUT2D eigenvalue weighted by atomic mass is 79.9. The molecule has 0 unspecified atom stereocenters. The third-order valence-corrected chi connectivity index (χ3v) is 3.59. The molecule has 0 aliphatic rings. The molecule has 17 heavy (non-hydrogen) atoms. The molecule has 1 aromatic carbocycles. The number of nitrogens with zero attached hydrogens (tertiary/aromatic N) is 2. The lowest BCUT2D eigenvalue weighted by Crippen LogP contribution is -1.84. The molecule has 0 atom stereocenters. The number of benzene rings is 1. The topological polar surface area (TPSA) is 17.3 Å². The maximum Gasteiger partial charge on any atom is 0.108 e. The molecule has 0 aliphatic carbocycles. The molecule has 0 spiro atoms. The Morgan fingerprint density at radius 3 is 2.76 bits per heavy atom. The summed E-state index contributed by atoms with van der Waals surface area (Å²) in [5.41, 5.74) is 2.95. The average Bonchev–Trinajstić information content (AvgIpc) is 2.68. The predicted molar refractivity (Wildman–Crippen MR) is 73.3 cm³/mol. The van der Waals surface area contributed by atoms with Crippen LogP contribution in [0.25, 0.3) is 16.8 Å². The molecule has 0 N–H and O–H groups in total. The minimum atomic E-state index is 0.714. The highest BCUT2D eigenvalue weighted by Gasteiger charge is 2.11.